The molecule has 0 atom stereocenters. The number of methoxy groups -OCH3 is 1. The van der Waals surface area contributed by atoms with Crippen molar-refractivity contribution in [2.24, 2.45) is 0 Å². The van der Waals surface area contributed by atoms with Crippen molar-refractivity contribution in [3.63, 3.8) is 0 Å². The quantitative estimate of drug-likeness (QED) is 0.717. The third kappa shape index (κ3) is 4.64. The van der Waals surface area contributed by atoms with Crippen LogP contribution in [-0.4, -0.2) is 32.9 Å². The molecule has 2 aromatic rings. The number of para-hydroxylation sites is 1. The number of amides is 1. The van der Waals surface area contributed by atoms with E-state index in [1.807, 2.05) is 42.5 Å². The van der Waals surface area contributed by atoms with E-state index in [4.69, 9.17) is 14.2 Å². The van der Waals surface area contributed by atoms with Crippen molar-refractivity contribution in [3.8, 4) is 17.2 Å². The molecule has 1 amide bonds. The van der Waals surface area contributed by atoms with Crippen LogP contribution in [0.1, 0.15) is 11.1 Å². The number of fused-ring (bicyclic) bond motifs is 1. The lowest BCUT2D eigenvalue weighted by molar-refractivity contribution is -0.120. The maximum Gasteiger partial charge on any atom is 0.234 e. The summed E-state index contributed by atoms with van der Waals surface area (Å²) in [5.74, 6) is 2.30. The minimum atomic E-state index is -0.0438. The van der Waals surface area contributed by atoms with E-state index in [0.29, 0.717) is 13.1 Å². The van der Waals surface area contributed by atoms with E-state index < -0.39 is 0 Å². The number of rotatable bonds is 8. The summed E-state index contributed by atoms with van der Waals surface area (Å²) >= 11 is 0. The first kappa shape index (κ1) is 17.1. The van der Waals surface area contributed by atoms with Gasteiger partial charge in [0.25, 0.3) is 0 Å². The van der Waals surface area contributed by atoms with Crippen molar-refractivity contribution in [1.82, 2.24) is 10.6 Å². The largest absolute Gasteiger partial charge is 0.496 e. The second-order valence-electron chi connectivity index (χ2n) is 5.70. The van der Waals surface area contributed by atoms with Crippen molar-refractivity contribution in [1.29, 1.82) is 0 Å². The van der Waals surface area contributed by atoms with Crippen LogP contribution in [0.15, 0.2) is 42.5 Å². The molecule has 6 nitrogen and oxygen atoms in total. The van der Waals surface area contributed by atoms with Crippen LogP contribution in [0.3, 0.4) is 0 Å². The molecule has 0 unspecified atom stereocenters. The van der Waals surface area contributed by atoms with E-state index in [1.54, 1.807) is 7.11 Å². The van der Waals surface area contributed by atoms with Gasteiger partial charge in [0.05, 0.1) is 13.7 Å². The molecule has 1 aliphatic rings. The van der Waals surface area contributed by atoms with Crippen molar-refractivity contribution in [2.75, 3.05) is 27.0 Å². The fourth-order valence-electron chi connectivity index (χ4n) is 2.65. The molecule has 0 spiro atoms. The topological polar surface area (TPSA) is 68.8 Å². The summed E-state index contributed by atoms with van der Waals surface area (Å²) in [5.41, 5.74) is 2.10. The summed E-state index contributed by atoms with van der Waals surface area (Å²) < 4.78 is 15.9. The SMILES string of the molecule is COc1ccccc1CCNCC(=O)NCc1ccc2c(c1)OCO2. The molecule has 0 aromatic heterocycles. The van der Waals surface area contributed by atoms with Gasteiger partial charge in [0, 0.05) is 6.54 Å². The Morgan fingerprint density at radius 1 is 1.16 bits per heavy atom. The Kier molecular flexibility index (Phi) is 5.74. The minimum Gasteiger partial charge on any atom is -0.496 e. The molecule has 0 aliphatic carbocycles. The number of carbonyl (C=O) groups excluding carboxylic acids is 1. The highest BCUT2D eigenvalue weighted by Gasteiger charge is 2.13. The second kappa shape index (κ2) is 8.39. The average molecular weight is 342 g/mol. The van der Waals surface area contributed by atoms with Crippen LogP contribution < -0.4 is 24.8 Å². The summed E-state index contributed by atoms with van der Waals surface area (Å²) in [6, 6.07) is 13.6. The summed E-state index contributed by atoms with van der Waals surface area (Å²) in [6.07, 6.45) is 0.805. The van der Waals surface area contributed by atoms with E-state index in [-0.39, 0.29) is 19.2 Å². The minimum absolute atomic E-state index is 0.0438. The monoisotopic (exact) mass is 342 g/mol. The van der Waals surface area contributed by atoms with E-state index >= 15 is 0 Å². The molecular weight excluding hydrogens is 320 g/mol. The van der Waals surface area contributed by atoms with E-state index in [1.165, 1.54) is 0 Å². The Labute approximate surface area is 147 Å². The predicted octanol–water partition coefficient (Wildman–Crippen LogP) is 1.87. The lowest BCUT2D eigenvalue weighted by Gasteiger charge is -2.09. The first-order valence-electron chi connectivity index (χ1n) is 8.24. The zero-order valence-corrected chi connectivity index (χ0v) is 14.2. The third-order valence-electron chi connectivity index (χ3n) is 3.98. The smallest absolute Gasteiger partial charge is 0.234 e. The number of hydrogen-bond donors (Lipinski definition) is 2. The molecule has 1 heterocycles. The average Bonchev–Trinajstić information content (AvgIpc) is 3.11. The highest BCUT2D eigenvalue weighted by molar-refractivity contribution is 5.78. The van der Waals surface area contributed by atoms with Crippen LogP contribution in [-0.2, 0) is 17.8 Å². The van der Waals surface area contributed by atoms with Crippen molar-refractivity contribution >= 4 is 5.91 Å². The lowest BCUT2D eigenvalue weighted by Crippen LogP contribution is -2.34. The number of carbonyl (C=O) groups is 1. The fourth-order valence-corrected chi connectivity index (χ4v) is 2.65. The molecule has 132 valence electrons. The number of hydrogen-bond acceptors (Lipinski definition) is 5. The Balaban J connectivity index is 1.37. The second-order valence-corrected chi connectivity index (χ2v) is 5.70. The highest BCUT2D eigenvalue weighted by atomic mass is 16.7. The molecule has 0 saturated carbocycles. The number of ether oxygens (including phenoxy) is 3. The Morgan fingerprint density at radius 2 is 2.00 bits per heavy atom. The number of benzene rings is 2. The molecule has 3 rings (SSSR count). The number of nitrogens with one attached hydrogen (secondary N) is 2. The fraction of sp³-hybridized carbons (Fsp3) is 0.316. The van der Waals surface area contributed by atoms with E-state index in [9.17, 15) is 4.79 Å². The van der Waals surface area contributed by atoms with Gasteiger partial charge in [0.15, 0.2) is 11.5 Å². The van der Waals surface area contributed by atoms with Crippen molar-refractivity contribution in [2.45, 2.75) is 13.0 Å². The van der Waals surface area contributed by atoms with Gasteiger partial charge in [-0.3, -0.25) is 4.79 Å². The standard InChI is InChI=1S/C19H22N2O4/c1-23-16-5-3-2-4-15(16)8-9-20-12-19(22)21-11-14-6-7-17-18(10-14)25-13-24-17/h2-7,10,20H,8-9,11-13H2,1H3,(H,21,22). The molecule has 2 aromatic carbocycles. The van der Waals surface area contributed by atoms with Crippen LogP contribution in [0, 0.1) is 0 Å². The summed E-state index contributed by atoms with van der Waals surface area (Å²) in [6.45, 7) is 1.70. The van der Waals surface area contributed by atoms with Gasteiger partial charge in [-0.2, -0.15) is 0 Å². The summed E-state index contributed by atoms with van der Waals surface area (Å²) in [4.78, 5) is 11.9. The van der Waals surface area contributed by atoms with Gasteiger partial charge < -0.3 is 24.8 Å². The first-order valence-corrected chi connectivity index (χ1v) is 8.24. The van der Waals surface area contributed by atoms with Crippen LogP contribution in [0.4, 0.5) is 0 Å². The molecular formula is C19H22N2O4. The molecule has 2 N–H and O–H groups in total. The molecule has 0 bridgehead atoms. The zero-order valence-electron chi connectivity index (χ0n) is 14.2. The predicted molar refractivity (Wildman–Crippen MR) is 94.0 cm³/mol. The molecule has 25 heavy (non-hydrogen) atoms. The lowest BCUT2D eigenvalue weighted by atomic mass is 10.1. The molecule has 6 heteroatoms. The van der Waals surface area contributed by atoms with E-state index in [0.717, 1.165) is 34.8 Å². The molecule has 0 saturated heterocycles. The Hall–Kier alpha value is -2.73. The summed E-state index contributed by atoms with van der Waals surface area (Å²) in [7, 11) is 1.66. The zero-order chi connectivity index (χ0) is 17.5. The van der Waals surface area contributed by atoms with Crippen LogP contribution in [0.5, 0.6) is 17.2 Å². The van der Waals surface area contributed by atoms with Gasteiger partial charge >= 0.3 is 0 Å². The maximum atomic E-state index is 11.9. The highest BCUT2D eigenvalue weighted by Crippen LogP contribution is 2.32. The normalized spacial score (nSPS) is 12.0. The van der Waals surface area contributed by atoms with Gasteiger partial charge in [-0.15, -0.1) is 0 Å². The first-order chi connectivity index (χ1) is 12.3. The summed E-state index contributed by atoms with van der Waals surface area (Å²) in [5, 5.41) is 6.04. The molecule has 1 aliphatic heterocycles. The van der Waals surface area contributed by atoms with Crippen LogP contribution >= 0.6 is 0 Å². The molecule has 0 fully saturated rings. The third-order valence-corrected chi connectivity index (χ3v) is 3.98. The van der Waals surface area contributed by atoms with E-state index in [2.05, 4.69) is 10.6 Å². The molecule has 0 radical (unpaired) electrons. The van der Waals surface area contributed by atoms with Crippen LogP contribution in [0.25, 0.3) is 0 Å². The van der Waals surface area contributed by atoms with Gasteiger partial charge in [-0.25, -0.2) is 0 Å². The Bertz CT molecular complexity index is 733. The van der Waals surface area contributed by atoms with Gasteiger partial charge in [-0.05, 0) is 42.3 Å². The van der Waals surface area contributed by atoms with Gasteiger partial charge in [0.2, 0.25) is 12.7 Å². The van der Waals surface area contributed by atoms with Gasteiger partial charge in [-0.1, -0.05) is 24.3 Å². The van der Waals surface area contributed by atoms with Crippen LogP contribution in [0.2, 0.25) is 0 Å². The van der Waals surface area contributed by atoms with Gasteiger partial charge in [0.1, 0.15) is 5.75 Å². The van der Waals surface area contributed by atoms with Crippen molar-refractivity contribution in [3.05, 3.63) is 53.6 Å². The maximum absolute atomic E-state index is 11.9. The Morgan fingerprint density at radius 3 is 2.88 bits per heavy atom. The van der Waals surface area contributed by atoms with Crippen molar-refractivity contribution < 1.29 is 19.0 Å².